The van der Waals surface area contributed by atoms with Crippen molar-refractivity contribution in [1.82, 2.24) is 10.2 Å². The zero-order valence-electron chi connectivity index (χ0n) is 12.9. The monoisotopic (exact) mass is 308 g/mol. The number of benzene rings is 2. The SMILES string of the molecule is Cc1ccc(C(=O)OC(C)c2nnc(-c3ccccc3)o2)cc1. The first kappa shape index (κ1) is 15.0. The lowest BCUT2D eigenvalue weighted by Gasteiger charge is -2.09. The Hall–Kier alpha value is -2.95. The topological polar surface area (TPSA) is 65.2 Å². The van der Waals surface area contributed by atoms with E-state index in [9.17, 15) is 4.79 Å². The molecular weight excluding hydrogens is 292 g/mol. The second-order valence-corrected chi connectivity index (χ2v) is 5.23. The molecule has 2 aromatic carbocycles. The van der Waals surface area contributed by atoms with Crippen LogP contribution in [-0.2, 0) is 4.74 Å². The molecule has 0 N–H and O–H groups in total. The molecule has 116 valence electrons. The van der Waals surface area contributed by atoms with E-state index in [1.54, 1.807) is 19.1 Å². The van der Waals surface area contributed by atoms with Gasteiger partial charge >= 0.3 is 5.97 Å². The Labute approximate surface area is 133 Å². The maximum atomic E-state index is 12.1. The summed E-state index contributed by atoms with van der Waals surface area (Å²) >= 11 is 0. The fourth-order valence-corrected chi connectivity index (χ4v) is 2.06. The van der Waals surface area contributed by atoms with Crippen LogP contribution in [0.2, 0.25) is 0 Å². The van der Waals surface area contributed by atoms with Gasteiger partial charge in [0.15, 0.2) is 6.10 Å². The third-order valence-corrected chi connectivity index (χ3v) is 3.38. The standard InChI is InChI=1S/C18H16N2O3/c1-12-8-10-15(11-9-12)18(21)22-13(2)16-19-20-17(23-16)14-6-4-3-5-7-14/h3-11,13H,1-2H3. The molecule has 0 radical (unpaired) electrons. The number of hydrogen-bond acceptors (Lipinski definition) is 5. The molecule has 0 saturated heterocycles. The number of aryl methyl sites for hydroxylation is 1. The Morgan fingerprint density at radius 2 is 1.74 bits per heavy atom. The number of hydrogen-bond donors (Lipinski definition) is 0. The minimum atomic E-state index is -0.617. The number of carbonyl (C=O) groups excluding carboxylic acids is 1. The maximum absolute atomic E-state index is 12.1. The van der Waals surface area contributed by atoms with Crippen LogP contribution in [0.5, 0.6) is 0 Å². The number of aromatic nitrogens is 2. The van der Waals surface area contributed by atoms with E-state index in [1.807, 2.05) is 49.4 Å². The molecule has 3 rings (SSSR count). The van der Waals surface area contributed by atoms with Gasteiger partial charge in [0.25, 0.3) is 5.89 Å². The van der Waals surface area contributed by atoms with Crippen molar-refractivity contribution in [3.8, 4) is 11.5 Å². The summed E-state index contributed by atoms with van der Waals surface area (Å²) in [5.41, 5.74) is 2.40. The molecule has 0 amide bonds. The lowest BCUT2D eigenvalue weighted by atomic mass is 10.1. The van der Waals surface area contributed by atoms with Crippen molar-refractivity contribution in [1.29, 1.82) is 0 Å². The van der Waals surface area contributed by atoms with Crippen molar-refractivity contribution in [2.24, 2.45) is 0 Å². The van der Waals surface area contributed by atoms with Gasteiger partial charge in [0.05, 0.1) is 5.56 Å². The Kier molecular flexibility index (Phi) is 4.19. The molecule has 0 spiro atoms. The first-order valence-electron chi connectivity index (χ1n) is 7.30. The van der Waals surface area contributed by atoms with Crippen molar-refractivity contribution in [3.63, 3.8) is 0 Å². The lowest BCUT2D eigenvalue weighted by molar-refractivity contribution is 0.0280. The average molecular weight is 308 g/mol. The highest BCUT2D eigenvalue weighted by Crippen LogP contribution is 2.22. The summed E-state index contributed by atoms with van der Waals surface area (Å²) in [6, 6.07) is 16.6. The fraction of sp³-hybridized carbons (Fsp3) is 0.167. The van der Waals surface area contributed by atoms with Crippen LogP contribution < -0.4 is 0 Å². The molecule has 1 atom stereocenters. The second-order valence-electron chi connectivity index (χ2n) is 5.23. The molecule has 5 nitrogen and oxygen atoms in total. The van der Waals surface area contributed by atoms with Crippen LogP contribution in [0.15, 0.2) is 59.0 Å². The van der Waals surface area contributed by atoms with Gasteiger partial charge in [0.2, 0.25) is 5.89 Å². The largest absolute Gasteiger partial charge is 0.449 e. The van der Waals surface area contributed by atoms with Crippen molar-refractivity contribution >= 4 is 5.97 Å². The van der Waals surface area contributed by atoms with Gasteiger partial charge in [-0.05, 0) is 38.1 Å². The molecule has 0 aliphatic heterocycles. The van der Waals surface area contributed by atoms with E-state index < -0.39 is 12.1 Å². The van der Waals surface area contributed by atoms with Gasteiger partial charge < -0.3 is 9.15 Å². The highest BCUT2D eigenvalue weighted by atomic mass is 16.6. The third kappa shape index (κ3) is 3.45. The molecule has 5 heteroatoms. The summed E-state index contributed by atoms with van der Waals surface area (Å²) in [5, 5.41) is 7.95. The zero-order valence-corrected chi connectivity index (χ0v) is 12.9. The van der Waals surface area contributed by atoms with Crippen LogP contribution >= 0.6 is 0 Å². The molecular formula is C18H16N2O3. The molecule has 0 saturated carbocycles. The number of rotatable bonds is 4. The van der Waals surface area contributed by atoms with Gasteiger partial charge in [-0.3, -0.25) is 0 Å². The van der Waals surface area contributed by atoms with Crippen molar-refractivity contribution in [3.05, 3.63) is 71.6 Å². The molecule has 1 heterocycles. The Bertz CT molecular complexity index is 795. The normalized spacial score (nSPS) is 11.9. The minimum absolute atomic E-state index is 0.268. The highest BCUT2D eigenvalue weighted by molar-refractivity contribution is 5.89. The van der Waals surface area contributed by atoms with Gasteiger partial charge in [0, 0.05) is 5.56 Å². The molecule has 1 unspecified atom stereocenters. The van der Waals surface area contributed by atoms with Gasteiger partial charge in [-0.25, -0.2) is 4.79 Å². The highest BCUT2D eigenvalue weighted by Gasteiger charge is 2.19. The van der Waals surface area contributed by atoms with Gasteiger partial charge in [-0.2, -0.15) is 0 Å². The van der Waals surface area contributed by atoms with Crippen LogP contribution in [0.3, 0.4) is 0 Å². The minimum Gasteiger partial charge on any atom is -0.449 e. The Morgan fingerprint density at radius 1 is 1.04 bits per heavy atom. The summed E-state index contributed by atoms with van der Waals surface area (Å²) in [7, 11) is 0. The number of carbonyl (C=O) groups is 1. The van der Waals surface area contributed by atoms with E-state index >= 15 is 0 Å². The van der Waals surface area contributed by atoms with Crippen molar-refractivity contribution in [2.75, 3.05) is 0 Å². The van der Waals surface area contributed by atoms with Crippen LogP contribution in [-0.4, -0.2) is 16.2 Å². The molecule has 0 aliphatic rings. The van der Waals surface area contributed by atoms with Crippen molar-refractivity contribution in [2.45, 2.75) is 20.0 Å². The van der Waals surface area contributed by atoms with E-state index in [2.05, 4.69) is 10.2 Å². The molecule has 1 aromatic heterocycles. The predicted octanol–water partition coefficient (Wildman–Crippen LogP) is 3.96. The van der Waals surface area contributed by atoms with Crippen LogP contribution in [0.25, 0.3) is 11.5 Å². The van der Waals surface area contributed by atoms with E-state index in [-0.39, 0.29) is 5.89 Å². The molecule has 3 aromatic rings. The van der Waals surface area contributed by atoms with Crippen molar-refractivity contribution < 1.29 is 13.9 Å². The molecule has 0 aliphatic carbocycles. The summed E-state index contributed by atoms with van der Waals surface area (Å²) in [4.78, 5) is 12.1. The quantitative estimate of drug-likeness (QED) is 0.682. The van der Waals surface area contributed by atoms with Crippen LogP contribution in [0, 0.1) is 6.92 Å². The second kappa shape index (κ2) is 6.44. The van der Waals surface area contributed by atoms with Crippen LogP contribution in [0.4, 0.5) is 0 Å². The van der Waals surface area contributed by atoms with E-state index in [4.69, 9.17) is 9.15 Å². The lowest BCUT2D eigenvalue weighted by Crippen LogP contribution is -2.09. The Morgan fingerprint density at radius 3 is 2.43 bits per heavy atom. The van der Waals surface area contributed by atoms with Gasteiger partial charge in [0.1, 0.15) is 0 Å². The first-order chi connectivity index (χ1) is 11.1. The molecule has 23 heavy (non-hydrogen) atoms. The number of esters is 1. The summed E-state index contributed by atoms with van der Waals surface area (Å²) in [6.45, 7) is 3.66. The average Bonchev–Trinajstić information content (AvgIpc) is 3.06. The smallest absolute Gasteiger partial charge is 0.338 e. The Balaban J connectivity index is 1.71. The number of nitrogens with zero attached hydrogens (tertiary/aromatic N) is 2. The fourth-order valence-electron chi connectivity index (χ4n) is 2.06. The third-order valence-electron chi connectivity index (χ3n) is 3.38. The molecule has 0 bridgehead atoms. The number of ether oxygens (including phenoxy) is 1. The van der Waals surface area contributed by atoms with E-state index in [0.717, 1.165) is 11.1 Å². The van der Waals surface area contributed by atoms with Gasteiger partial charge in [-0.15, -0.1) is 10.2 Å². The van der Waals surface area contributed by atoms with E-state index in [1.165, 1.54) is 0 Å². The zero-order chi connectivity index (χ0) is 16.2. The van der Waals surface area contributed by atoms with E-state index in [0.29, 0.717) is 11.5 Å². The predicted molar refractivity (Wildman–Crippen MR) is 84.7 cm³/mol. The van der Waals surface area contributed by atoms with Gasteiger partial charge in [-0.1, -0.05) is 35.9 Å². The summed E-state index contributed by atoms with van der Waals surface area (Å²) in [5.74, 6) is 0.250. The molecule has 0 fully saturated rings. The summed E-state index contributed by atoms with van der Waals surface area (Å²) < 4.78 is 11.0. The summed E-state index contributed by atoms with van der Waals surface area (Å²) in [6.07, 6.45) is -0.617. The maximum Gasteiger partial charge on any atom is 0.338 e. The van der Waals surface area contributed by atoms with Crippen LogP contribution in [0.1, 0.15) is 34.8 Å². The first-order valence-corrected chi connectivity index (χ1v) is 7.30.